The van der Waals surface area contributed by atoms with Crippen LogP contribution >= 0.6 is 0 Å². The lowest BCUT2D eigenvalue weighted by Crippen LogP contribution is -2.46. The molecule has 0 saturated carbocycles. The van der Waals surface area contributed by atoms with Crippen molar-refractivity contribution in [1.82, 2.24) is 5.32 Å². The third kappa shape index (κ3) is 4.03. The Morgan fingerprint density at radius 1 is 1.50 bits per heavy atom. The molecule has 0 spiro atoms. The zero-order valence-electron chi connectivity index (χ0n) is 10.3. The Morgan fingerprint density at radius 3 is 2.62 bits per heavy atom. The van der Waals surface area contributed by atoms with E-state index in [1.807, 2.05) is 6.92 Å². The lowest BCUT2D eigenvalue weighted by molar-refractivity contribution is 0.344. The van der Waals surface area contributed by atoms with Gasteiger partial charge in [0.2, 0.25) is 0 Å². The standard InChI is InChI=1S/C11H24N2O2S/c1-3-4-10(7-12)8-13-11(2)5-6-16(14,15)9-11/h10,13H,3-9,12H2,1-2H3. The molecule has 4 nitrogen and oxygen atoms in total. The van der Waals surface area contributed by atoms with Gasteiger partial charge in [-0.05, 0) is 38.8 Å². The van der Waals surface area contributed by atoms with Crippen LogP contribution in [0.5, 0.6) is 0 Å². The van der Waals surface area contributed by atoms with Crippen LogP contribution in [0.4, 0.5) is 0 Å². The molecule has 1 rings (SSSR count). The highest BCUT2D eigenvalue weighted by molar-refractivity contribution is 7.91. The molecule has 0 amide bonds. The Morgan fingerprint density at radius 2 is 2.19 bits per heavy atom. The summed E-state index contributed by atoms with van der Waals surface area (Å²) in [5, 5.41) is 3.39. The molecule has 1 aliphatic heterocycles. The van der Waals surface area contributed by atoms with Crippen molar-refractivity contribution in [1.29, 1.82) is 0 Å². The average Bonchev–Trinajstić information content (AvgIpc) is 2.48. The minimum Gasteiger partial charge on any atom is -0.330 e. The fraction of sp³-hybridized carbons (Fsp3) is 1.00. The third-order valence-electron chi connectivity index (χ3n) is 3.35. The Balaban J connectivity index is 2.43. The van der Waals surface area contributed by atoms with Gasteiger partial charge in [-0.25, -0.2) is 8.42 Å². The van der Waals surface area contributed by atoms with Crippen molar-refractivity contribution in [3.05, 3.63) is 0 Å². The van der Waals surface area contributed by atoms with E-state index in [1.54, 1.807) is 0 Å². The van der Waals surface area contributed by atoms with Gasteiger partial charge < -0.3 is 11.1 Å². The van der Waals surface area contributed by atoms with Gasteiger partial charge in [0.15, 0.2) is 9.84 Å². The molecule has 0 aromatic rings. The van der Waals surface area contributed by atoms with E-state index in [1.165, 1.54) is 0 Å². The van der Waals surface area contributed by atoms with E-state index >= 15 is 0 Å². The van der Waals surface area contributed by atoms with Crippen LogP contribution in [-0.4, -0.2) is 38.6 Å². The van der Waals surface area contributed by atoms with E-state index in [0.717, 1.165) is 25.8 Å². The van der Waals surface area contributed by atoms with Crippen molar-refractivity contribution in [3.63, 3.8) is 0 Å². The van der Waals surface area contributed by atoms with Gasteiger partial charge >= 0.3 is 0 Å². The first-order chi connectivity index (χ1) is 7.41. The summed E-state index contributed by atoms with van der Waals surface area (Å²) >= 11 is 0. The SMILES string of the molecule is CCCC(CN)CNC1(C)CCS(=O)(=O)C1. The number of hydrogen-bond donors (Lipinski definition) is 2. The molecule has 2 atom stereocenters. The molecule has 1 saturated heterocycles. The molecule has 16 heavy (non-hydrogen) atoms. The van der Waals surface area contributed by atoms with Gasteiger partial charge in [-0.3, -0.25) is 0 Å². The molecule has 5 heteroatoms. The highest BCUT2D eigenvalue weighted by atomic mass is 32.2. The second kappa shape index (κ2) is 5.47. The van der Waals surface area contributed by atoms with Gasteiger partial charge in [0, 0.05) is 5.54 Å². The van der Waals surface area contributed by atoms with E-state index in [9.17, 15) is 8.42 Å². The van der Waals surface area contributed by atoms with Crippen molar-refractivity contribution in [2.24, 2.45) is 11.7 Å². The van der Waals surface area contributed by atoms with Crippen LogP contribution in [0.1, 0.15) is 33.1 Å². The van der Waals surface area contributed by atoms with Gasteiger partial charge in [0.05, 0.1) is 11.5 Å². The van der Waals surface area contributed by atoms with E-state index in [-0.39, 0.29) is 11.3 Å². The highest BCUT2D eigenvalue weighted by Crippen LogP contribution is 2.23. The number of hydrogen-bond acceptors (Lipinski definition) is 4. The monoisotopic (exact) mass is 248 g/mol. The lowest BCUT2D eigenvalue weighted by atomic mass is 9.98. The van der Waals surface area contributed by atoms with Crippen molar-refractivity contribution < 1.29 is 8.42 Å². The van der Waals surface area contributed by atoms with Crippen molar-refractivity contribution >= 4 is 9.84 Å². The summed E-state index contributed by atoms with van der Waals surface area (Å²) in [5.74, 6) is 1.05. The van der Waals surface area contributed by atoms with Gasteiger partial charge in [0.25, 0.3) is 0 Å². The normalized spacial score (nSPS) is 30.4. The number of rotatable bonds is 6. The Kier molecular flexibility index (Phi) is 4.76. The summed E-state index contributed by atoms with van der Waals surface area (Å²) in [6.07, 6.45) is 2.95. The molecule has 1 aliphatic rings. The summed E-state index contributed by atoms with van der Waals surface area (Å²) < 4.78 is 22.8. The number of nitrogens with one attached hydrogen (secondary N) is 1. The van der Waals surface area contributed by atoms with Crippen LogP contribution in [0.15, 0.2) is 0 Å². The second-order valence-electron chi connectivity index (χ2n) is 5.17. The lowest BCUT2D eigenvalue weighted by Gasteiger charge is -2.27. The molecule has 2 unspecified atom stereocenters. The summed E-state index contributed by atoms with van der Waals surface area (Å²) in [6, 6.07) is 0. The molecule has 1 fully saturated rings. The topological polar surface area (TPSA) is 72.2 Å². The van der Waals surface area contributed by atoms with Crippen molar-refractivity contribution in [2.75, 3.05) is 24.6 Å². The summed E-state index contributed by atoms with van der Waals surface area (Å²) in [5.41, 5.74) is 5.45. The zero-order chi connectivity index (χ0) is 12.2. The maximum atomic E-state index is 11.4. The fourth-order valence-corrected chi connectivity index (χ4v) is 4.38. The molecule has 0 aromatic carbocycles. The van der Waals surface area contributed by atoms with Gasteiger partial charge in [0.1, 0.15) is 0 Å². The van der Waals surface area contributed by atoms with Crippen molar-refractivity contribution in [3.8, 4) is 0 Å². The van der Waals surface area contributed by atoms with Crippen molar-refractivity contribution in [2.45, 2.75) is 38.6 Å². The predicted molar refractivity (Wildman–Crippen MR) is 67.1 cm³/mol. The first-order valence-corrected chi connectivity index (χ1v) is 7.88. The summed E-state index contributed by atoms with van der Waals surface area (Å²) in [4.78, 5) is 0. The molecule has 96 valence electrons. The van der Waals surface area contributed by atoms with Crippen LogP contribution in [0.2, 0.25) is 0 Å². The minimum atomic E-state index is -2.81. The smallest absolute Gasteiger partial charge is 0.152 e. The van der Waals surface area contributed by atoms with Crippen LogP contribution in [-0.2, 0) is 9.84 Å². The fourth-order valence-electron chi connectivity index (χ4n) is 2.25. The molecular formula is C11H24N2O2S. The number of sulfone groups is 1. The minimum absolute atomic E-state index is 0.236. The number of nitrogens with two attached hydrogens (primary N) is 1. The van der Waals surface area contributed by atoms with Crippen LogP contribution in [0.3, 0.4) is 0 Å². The summed E-state index contributed by atoms with van der Waals surface area (Å²) in [7, 11) is -2.81. The Bertz CT molecular complexity index is 316. The van der Waals surface area contributed by atoms with Crippen LogP contribution in [0.25, 0.3) is 0 Å². The van der Waals surface area contributed by atoms with Gasteiger partial charge in [-0.2, -0.15) is 0 Å². The Labute approximate surface area is 98.9 Å². The van der Waals surface area contributed by atoms with Crippen LogP contribution in [0, 0.1) is 5.92 Å². The van der Waals surface area contributed by atoms with E-state index in [4.69, 9.17) is 5.73 Å². The maximum absolute atomic E-state index is 11.4. The first-order valence-electron chi connectivity index (χ1n) is 6.06. The third-order valence-corrected chi connectivity index (χ3v) is 5.25. The van der Waals surface area contributed by atoms with Gasteiger partial charge in [-0.15, -0.1) is 0 Å². The van der Waals surface area contributed by atoms with E-state index in [2.05, 4.69) is 12.2 Å². The van der Waals surface area contributed by atoms with E-state index in [0.29, 0.717) is 18.2 Å². The molecule has 3 N–H and O–H groups in total. The second-order valence-corrected chi connectivity index (χ2v) is 7.36. The molecule has 0 aliphatic carbocycles. The van der Waals surface area contributed by atoms with Gasteiger partial charge in [-0.1, -0.05) is 13.3 Å². The van der Waals surface area contributed by atoms with Crippen LogP contribution < -0.4 is 11.1 Å². The molecule has 0 aromatic heterocycles. The highest BCUT2D eigenvalue weighted by Gasteiger charge is 2.37. The zero-order valence-corrected chi connectivity index (χ0v) is 11.1. The quantitative estimate of drug-likeness (QED) is 0.719. The maximum Gasteiger partial charge on any atom is 0.152 e. The average molecular weight is 248 g/mol. The summed E-state index contributed by atoms with van der Waals surface area (Å²) in [6.45, 7) is 5.64. The largest absolute Gasteiger partial charge is 0.330 e. The van der Waals surface area contributed by atoms with E-state index < -0.39 is 9.84 Å². The first kappa shape index (κ1) is 13.9. The molecule has 0 bridgehead atoms. The predicted octanol–water partition coefficient (Wildman–Crippen LogP) is 0.528. The molecule has 0 radical (unpaired) electrons. The Hall–Kier alpha value is -0.130. The molecule has 1 heterocycles. The molecular weight excluding hydrogens is 224 g/mol.